The minimum Gasteiger partial charge on any atom is -0.488 e. The summed E-state index contributed by atoms with van der Waals surface area (Å²) in [5.41, 5.74) is 4.59. The van der Waals surface area contributed by atoms with Crippen LogP contribution in [0.1, 0.15) is 44.8 Å². The van der Waals surface area contributed by atoms with Crippen molar-refractivity contribution in [2.75, 3.05) is 5.32 Å². The maximum Gasteiger partial charge on any atom is 0.259 e. The van der Waals surface area contributed by atoms with E-state index >= 15 is 0 Å². The molecule has 0 fully saturated rings. The number of rotatable bonds is 7. The molecule has 0 aliphatic heterocycles. The van der Waals surface area contributed by atoms with Gasteiger partial charge in [0, 0.05) is 26.8 Å². The summed E-state index contributed by atoms with van der Waals surface area (Å²) in [4.78, 5) is 19.5. The number of ether oxygens (including phenoxy) is 1. The number of fused-ring (bicyclic) bond motifs is 1. The number of para-hydroxylation sites is 1. The molecule has 0 radical (unpaired) electrons. The molecule has 6 heteroatoms. The fraction of sp³-hybridized carbons (Fsp3) is 0.172. The third-order valence-corrected chi connectivity index (χ3v) is 7.63. The van der Waals surface area contributed by atoms with E-state index in [1.54, 1.807) is 11.3 Å². The first-order chi connectivity index (χ1) is 17.2. The zero-order valence-corrected chi connectivity index (χ0v) is 21.6. The third-order valence-electron chi connectivity index (χ3n) is 5.94. The number of nitrogens with zero attached hydrogens (tertiary/aromatic N) is 1. The number of amides is 1. The average Bonchev–Trinajstić information content (AvgIpc) is 3.26. The lowest BCUT2D eigenvalue weighted by molar-refractivity contribution is 0.102. The molecule has 0 bridgehead atoms. The number of hydrogen-bond acceptors (Lipinski definition) is 4. The highest BCUT2D eigenvalue weighted by molar-refractivity contribution is 9.10. The summed E-state index contributed by atoms with van der Waals surface area (Å²) in [6, 6.07) is 25.5. The smallest absolute Gasteiger partial charge is 0.259 e. The van der Waals surface area contributed by atoms with Crippen molar-refractivity contribution < 1.29 is 9.53 Å². The molecule has 1 N–H and O–H groups in total. The van der Waals surface area contributed by atoms with Gasteiger partial charge in [-0.25, -0.2) is 4.99 Å². The van der Waals surface area contributed by atoms with Crippen LogP contribution in [0.3, 0.4) is 0 Å². The van der Waals surface area contributed by atoms with Gasteiger partial charge < -0.3 is 10.1 Å². The van der Waals surface area contributed by atoms with Crippen LogP contribution in [0.25, 0.3) is 0 Å². The molecule has 0 saturated carbocycles. The number of hydrogen-bond donors (Lipinski definition) is 1. The minimum atomic E-state index is -0.0995. The molecule has 4 nitrogen and oxygen atoms in total. The number of carbonyl (C=O) groups is 1. The van der Waals surface area contributed by atoms with Gasteiger partial charge in [0.15, 0.2) is 0 Å². The number of carbonyl (C=O) groups excluding carboxylic acids is 1. The third kappa shape index (κ3) is 5.72. The van der Waals surface area contributed by atoms with E-state index in [1.165, 1.54) is 4.88 Å². The highest BCUT2D eigenvalue weighted by Crippen LogP contribution is 2.40. The molecule has 1 amide bonds. The summed E-state index contributed by atoms with van der Waals surface area (Å²) in [5, 5.41) is 3.80. The van der Waals surface area contributed by atoms with Crippen LogP contribution in [0, 0.1) is 0 Å². The molecule has 1 heterocycles. The van der Waals surface area contributed by atoms with Crippen LogP contribution in [0.5, 0.6) is 5.75 Å². The van der Waals surface area contributed by atoms with E-state index in [0.717, 1.165) is 63.3 Å². The molecule has 5 rings (SSSR count). The molecule has 1 aromatic heterocycles. The first-order valence-electron chi connectivity index (χ1n) is 11.7. The fourth-order valence-corrected chi connectivity index (χ4v) is 5.82. The molecular formula is C29H25BrN2O2S. The highest BCUT2D eigenvalue weighted by atomic mass is 79.9. The summed E-state index contributed by atoms with van der Waals surface area (Å²) < 4.78 is 7.06. The van der Waals surface area contributed by atoms with E-state index in [-0.39, 0.29) is 5.91 Å². The average molecular weight is 546 g/mol. The van der Waals surface area contributed by atoms with Gasteiger partial charge in [0.05, 0.1) is 5.56 Å². The zero-order valence-electron chi connectivity index (χ0n) is 19.2. The van der Waals surface area contributed by atoms with Crippen molar-refractivity contribution in [3.05, 3.63) is 110 Å². The van der Waals surface area contributed by atoms with Crippen molar-refractivity contribution in [1.82, 2.24) is 0 Å². The van der Waals surface area contributed by atoms with Gasteiger partial charge in [-0.15, -0.1) is 11.3 Å². The second-order valence-corrected chi connectivity index (χ2v) is 10.4. The van der Waals surface area contributed by atoms with Crippen molar-refractivity contribution in [1.29, 1.82) is 0 Å². The number of aliphatic imine (C=N–C) groups is 1. The molecule has 3 aromatic carbocycles. The van der Waals surface area contributed by atoms with Gasteiger partial charge in [-0.1, -0.05) is 64.5 Å². The standard InChI is InChI=1S/C29H25BrN2O2S/c30-22-15-16-25(34-19-20-9-3-1-4-10-20)21(17-22)18-31-29-27(24-13-7-8-14-26(24)35-29)28(33)32-23-11-5-2-6-12-23/h1-6,9-12,15-18H,7-8,13-14,19H2,(H,32,33). The van der Waals surface area contributed by atoms with E-state index in [1.807, 2.05) is 85.1 Å². The molecule has 1 aliphatic rings. The van der Waals surface area contributed by atoms with Crippen LogP contribution < -0.4 is 10.1 Å². The Morgan fingerprint density at radius 3 is 2.54 bits per heavy atom. The van der Waals surface area contributed by atoms with Gasteiger partial charge >= 0.3 is 0 Å². The van der Waals surface area contributed by atoms with Gasteiger partial charge in [0.1, 0.15) is 17.4 Å². The Labute approximate surface area is 217 Å². The summed E-state index contributed by atoms with van der Waals surface area (Å²) >= 11 is 5.19. The molecule has 0 atom stereocenters. The Morgan fingerprint density at radius 2 is 1.74 bits per heavy atom. The number of nitrogens with one attached hydrogen (secondary N) is 1. The second-order valence-electron chi connectivity index (χ2n) is 8.43. The highest BCUT2D eigenvalue weighted by Gasteiger charge is 2.25. The van der Waals surface area contributed by atoms with Crippen molar-refractivity contribution in [3.8, 4) is 5.75 Å². The zero-order chi connectivity index (χ0) is 24.0. The van der Waals surface area contributed by atoms with E-state index in [9.17, 15) is 4.79 Å². The Kier molecular flexibility index (Phi) is 7.40. The second kappa shape index (κ2) is 11.0. The molecule has 35 heavy (non-hydrogen) atoms. The molecule has 1 aliphatic carbocycles. The molecule has 176 valence electrons. The van der Waals surface area contributed by atoms with Gasteiger partial charge in [0.2, 0.25) is 0 Å². The summed E-state index contributed by atoms with van der Waals surface area (Å²) in [7, 11) is 0. The first-order valence-corrected chi connectivity index (χ1v) is 13.3. The quantitative estimate of drug-likeness (QED) is 0.240. The van der Waals surface area contributed by atoms with Gasteiger partial charge in [-0.3, -0.25) is 4.79 Å². The van der Waals surface area contributed by atoms with Crippen molar-refractivity contribution in [2.24, 2.45) is 4.99 Å². The topological polar surface area (TPSA) is 50.7 Å². The van der Waals surface area contributed by atoms with Crippen molar-refractivity contribution >= 4 is 50.1 Å². The number of anilines is 1. The van der Waals surface area contributed by atoms with Crippen LogP contribution in [0.2, 0.25) is 0 Å². The molecule has 0 saturated heterocycles. The lowest BCUT2D eigenvalue weighted by Crippen LogP contribution is -2.14. The van der Waals surface area contributed by atoms with Gasteiger partial charge in [0.25, 0.3) is 5.91 Å². The summed E-state index contributed by atoms with van der Waals surface area (Å²) in [5.74, 6) is 0.648. The van der Waals surface area contributed by atoms with Gasteiger partial charge in [-0.2, -0.15) is 0 Å². The Morgan fingerprint density at radius 1 is 1.00 bits per heavy atom. The Hall–Kier alpha value is -3.22. The van der Waals surface area contributed by atoms with E-state index in [4.69, 9.17) is 9.73 Å². The maximum absolute atomic E-state index is 13.3. The van der Waals surface area contributed by atoms with E-state index in [0.29, 0.717) is 12.2 Å². The lowest BCUT2D eigenvalue weighted by atomic mass is 9.95. The number of aryl methyl sites for hydroxylation is 1. The summed E-state index contributed by atoms with van der Waals surface area (Å²) in [6.07, 6.45) is 5.98. The minimum absolute atomic E-state index is 0.0995. The van der Waals surface area contributed by atoms with Gasteiger partial charge in [-0.05, 0) is 67.1 Å². The van der Waals surface area contributed by atoms with Crippen molar-refractivity contribution in [2.45, 2.75) is 32.3 Å². The molecular weight excluding hydrogens is 520 g/mol. The largest absolute Gasteiger partial charge is 0.488 e. The Bertz CT molecular complexity index is 1350. The summed E-state index contributed by atoms with van der Waals surface area (Å²) in [6.45, 7) is 0.474. The normalized spacial score (nSPS) is 12.9. The number of benzene rings is 3. The Balaban J connectivity index is 1.44. The van der Waals surface area contributed by atoms with E-state index < -0.39 is 0 Å². The lowest BCUT2D eigenvalue weighted by Gasteiger charge is -2.13. The van der Waals surface area contributed by atoms with E-state index in [2.05, 4.69) is 21.2 Å². The molecule has 0 unspecified atom stereocenters. The molecule has 4 aromatic rings. The maximum atomic E-state index is 13.3. The van der Waals surface area contributed by atoms with Crippen LogP contribution in [0.4, 0.5) is 10.7 Å². The molecule has 0 spiro atoms. The van der Waals surface area contributed by atoms with Crippen LogP contribution in [-0.4, -0.2) is 12.1 Å². The van der Waals surface area contributed by atoms with Crippen LogP contribution in [-0.2, 0) is 19.4 Å². The van der Waals surface area contributed by atoms with Crippen molar-refractivity contribution in [3.63, 3.8) is 0 Å². The van der Waals surface area contributed by atoms with Crippen LogP contribution in [0.15, 0.2) is 88.3 Å². The monoisotopic (exact) mass is 544 g/mol. The number of halogens is 1. The predicted octanol–water partition coefficient (Wildman–Crippen LogP) is 7.97. The number of thiophene rings is 1. The SMILES string of the molecule is O=C(Nc1ccccc1)c1c(N=Cc2cc(Br)ccc2OCc2ccccc2)sc2c1CCCC2. The fourth-order valence-electron chi connectivity index (χ4n) is 4.21. The van der Waals surface area contributed by atoms with Crippen LogP contribution >= 0.6 is 27.3 Å². The predicted molar refractivity (Wildman–Crippen MR) is 148 cm³/mol. The first kappa shape index (κ1) is 23.5.